The number of amides is 1. The minimum absolute atomic E-state index is 0.0661. The van der Waals surface area contributed by atoms with Crippen molar-refractivity contribution in [3.8, 4) is 28.4 Å². The molecule has 0 atom stereocenters. The molecule has 2 aromatic carbocycles. The standard InChI is InChI=1S/C22H25NO6S/c1-26-18-7-6-16(14-4-5-17-15(12-14)13-23-22(17)25)20(21(18)27-2)29-10-9-28-19(24)8-11-30-3/h4-7,12H,8-11,13H2,1-3H3,(H,23,25). The Morgan fingerprint density at radius 1 is 1.07 bits per heavy atom. The van der Waals surface area contributed by atoms with Crippen molar-refractivity contribution in [1.29, 1.82) is 0 Å². The van der Waals surface area contributed by atoms with Gasteiger partial charge in [-0.25, -0.2) is 0 Å². The van der Waals surface area contributed by atoms with Gasteiger partial charge in [0.2, 0.25) is 5.75 Å². The van der Waals surface area contributed by atoms with Crippen LogP contribution in [-0.2, 0) is 16.1 Å². The van der Waals surface area contributed by atoms with E-state index in [9.17, 15) is 9.59 Å². The van der Waals surface area contributed by atoms with Crippen LogP contribution in [0, 0.1) is 0 Å². The molecule has 0 unspecified atom stereocenters. The zero-order valence-electron chi connectivity index (χ0n) is 17.3. The molecule has 1 heterocycles. The number of ether oxygens (including phenoxy) is 4. The highest BCUT2D eigenvalue weighted by molar-refractivity contribution is 7.98. The Hall–Kier alpha value is -2.87. The van der Waals surface area contributed by atoms with E-state index in [1.54, 1.807) is 38.1 Å². The number of hydrogen-bond donors (Lipinski definition) is 1. The smallest absolute Gasteiger partial charge is 0.306 e. The van der Waals surface area contributed by atoms with Gasteiger partial charge in [-0.05, 0) is 41.6 Å². The number of carbonyl (C=O) groups excluding carboxylic acids is 2. The number of fused-ring (bicyclic) bond motifs is 1. The normalized spacial score (nSPS) is 12.2. The predicted molar refractivity (Wildman–Crippen MR) is 116 cm³/mol. The van der Waals surface area contributed by atoms with Crippen molar-refractivity contribution in [2.24, 2.45) is 0 Å². The summed E-state index contributed by atoms with van der Waals surface area (Å²) in [5, 5.41) is 2.82. The second-order valence-electron chi connectivity index (χ2n) is 6.54. The van der Waals surface area contributed by atoms with E-state index in [1.807, 2.05) is 24.5 Å². The third-order valence-electron chi connectivity index (χ3n) is 4.70. The van der Waals surface area contributed by atoms with Crippen molar-refractivity contribution in [2.45, 2.75) is 13.0 Å². The Morgan fingerprint density at radius 3 is 2.60 bits per heavy atom. The van der Waals surface area contributed by atoms with Crippen molar-refractivity contribution < 1.29 is 28.5 Å². The van der Waals surface area contributed by atoms with Crippen LogP contribution in [0.1, 0.15) is 22.3 Å². The van der Waals surface area contributed by atoms with Gasteiger partial charge in [-0.3, -0.25) is 9.59 Å². The third-order valence-corrected chi connectivity index (χ3v) is 5.32. The van der Waals surface area contributed by atoms with E-state index in [1.165, 1.54) is 0 Å². The molecule has 1 aliphatic rings. The average Bonchev–Trinajstić information content (AvgIpc) is 3.14. The van der Waals surface area contributed by atoms with Crippen LogP contribution < -0.4 is 19.5 Å². The molecule has 0 bridgehead atoms. The number of carbonyl (C=O) groups is 2. The molecule has 3 rings (SSSR count). The number of hydrogen-bond acceptors (Lipinski definition) is 7. The molecular weight excluding hydrogens is 406 g/mol. The van der Waals surface area contributed by atoms with E-state index in [2.05, 4.69) is 5.32 Å². The van der Waals surface area contributed by atoms with Crippen molar-refractivity contribution >= 4 is 23.6 Å². The number of thioether (sulfide) groups is 1. The fraction of sp³-hybridized carbons (Fsp3) is 0.364. The molecule has 0 aliphatic carbocycles. The molecule has 0 aromatic heterocycles. The number of nitrogens with one attached hydrogen (secondary N) is 1. The Labute approximate surface area is 180 Å². The third kappa shape index (κ3) is 4.81. The molecule has 30 heavy (non-hydrogen) atoms. The first kappa shape index (κ1) is 21.8. The van der Waals surface area contributed by atoms with E-state index in [0.717, 1.165) is 22.4 Å². The lowest BCUT2D eigenvalue weighted by molar-refractivity contribution is -0.143. The number of rotatable bonds is 10. The van der Waals surface area contributed by atoms with Gasteiger partial charge in [-0.1, -0.05) is 6.07 Å². The van der Waals surface area contributed by atoms with Gasteiger partial charge in [0.1, 0.15) is 13.2 Å². The maximum atomic E-state index is 11.8. The van der Waals surface area contributed by atoms with Crippen LogP contribution in [0.2, 0.25) is 0 Å². The molecule has 7 nitrogen and oxygen atoms in total. The molecule has 8 heteroatoms. The molecule has 0 saturated carbocycles. The van der Waals surface area contributed by atoms with Crippen LogP contribution in [-0.4, -0.2) is 51.3 Å². The summed E-state index contributed by atoms with van der Waals surface area (Å²) in [6.07, 6.45) is 2.31. The van der Waals surface area contributed by atoms with Crippen LogP contribution in [0.3, 0.4) is 0 Å². The first-order valence-corrected chi connectivity index (χ1v) is 10.9. The SMILES string of the molecule is COc1ccc(-c2ccc3c(c2)CNC3=O)c(OCCOC(=O)CCSC)c1OC. The second kappa shape index (κ2) is 10.2. The van der Waals surface area contributed by atoms with E-state index >= 15 is 0 Å². The van der Waals surface area contributed by atoms with Crippen molar-refractivity contribution in [1.82, 2.24) is 5.32 Å². The summed E-state index contributed by atoms with van der Waals surface area (Å²) >= 11 is 1.60. The highest BCUT2D eigenvalue weighted by Gasteiger charge is 2.22. The maximum absolute atomic E-state index is 11.8. The van der Waals surface area contributed by atoms with Crippen LogP contribution in [0.15, 0.2) is 30.3 Å². The molecule has 0 radical (unpaired) electrons. The highest BCUT2D eigenvalue weighted by Crippen LogP contribution is 2.44. The zero-order valence-corrected chi connectivity index (χ0v) is 18.1. The van der Waals surface area contributed by atoms with E-state index in [0.29, 0.717) is 35.8 Å². The lowest BCUT2D eigenvalue weighted by atomic mass is 9.99. The zero-order chi connectivity index (χ0) is 21.5. The Kier molecular flexibility index (Phi) is 7.46. The van der Waals surface area contributed by atoms with Gasteiger partial charge in [0.25, 0.3) is 5.91 Å². The van der Waals surface area contributed by atoms with E-state index in [-0.39, 0.29) is 25.1 Å². The fourth-order valence-corrected chi connectivity index (χ4v) is 3.60. The number of esters is 1. The van der Waals surface area contributed by atoms with Crippen LogP contribution >= 0.6 is 11.8 Å². The number of benzene rings is 2. The molecule has 0 saturated heterocycles. The summed E-state index contributed by atoms with van der Waals surface area (Å²) in [4.78, 5) is 23.5. The minimum atomic E-state index is -0.249. The maximum Gasteiger partial charge on any atom is 0.306 e. The van der Waals surface area contributed by atoms with Crippen LogP contribution in [0.25, 0.3) is 11.1 Å². The van der Waals surface area contributed by atoms with Gasteiger partial charge < -0.3 is 24.3 Å². The van der Waals surface area contributed by atoms with E-state index in [4.69, 9.17) is 18.9 Å². The average molecular weight is 432 g/mol. The molecule has 2 aromatic rings. The predicted octanol–water partition coefficient (Wildman–Crippen LogP) is 3.29. The summed E-state index contributed by atoms with van der Waals surface area (Å²) < 4.78 is 22.1. The van der Waals surface area contributed by atoms with Gasteiger partial charge in [0.05, 0.1) is 20.6 Å². The summed E-state index contributed by atoms with van der Waals surface area (Å²) in [7, 11) is 3.10. The summed E-state index contributed by atoms with van der Waals surface area (Å²) in [6.45, 7) is 0.805. The molecule has 1 aliphatic heterocycles. The Morgan fingerprint density at radius 2 is 1.87 bits per heavy atom. The Bertz CT molecular complexity index is 930. The van der Waals surface area contributed by atoms with E-state index < -0.39 is 0 Å². The van der Waals surface area contributed by atoms with Crippen molar-refractivity contribution in [2.75, 3.05) is 39.4 Å². The van der Waals surface area contributed by atoms with Gasteiger partial charge in [0.15, 0.2) is 11.5 Å². The molecule has 0 spiro atoms. The lowest BCUT2D eigenvalue weighted by Gasteiger charge is -2.18. The van der Waals surface area contributed by atoms with Gasteiger partial charge in [0, 0.05) is 23.4 Å². The topological polar surface area (TPSA) is 83.1 Å². The quantitative estimate of drug-likeness (QED) is 0.457. The summed E-state index contributed by atoms with van der Waals surface area (Å²) in [5.41, 5.74) is 3.29. The molecular formula is C22H25NO6S. The van der Waals surface area contributed by atoms with Crippen LogP contribution in [0.5, 0.6) is 17.2 Å². The summed E-state index contributed by atoms with van der Waals surface area (Å²) in [5.74, 6) is 1.90. The summed E-state index contributed by atoms with van der Waals surface area (Å²) in [6, 6.07) is 9.33. The minimum Gasteiger partial charge on any atom is -0.493 e. The largest absolute Gasteiger partial charge is 0.493 e. The highest BCUT2D eigenvalue weighted by atomic mass is 32.2. The fourth-order valence-electron chi connectivity index (χ4n) is 3.23. The number of methoxy groups -OCH3 is 2. The monoisotopic (exact) mass is 431 g/mol. The van der Waals surface area contributed by atoms with Crippen molar-refractivity contribution in [3.63, 3.8) is 0 Å². The first-order valence-electron chi connectivity index (χ1n) is 9.52. The first-order chi connectivity index (χ1) is 14.6. The lowest BCUT2D eigenvalue weighted by Crippen LogP contribution is -2.13. The van der Waals surface area contributed by atoms with Gasteiger partial charge in [-0.2, -0.15) is 11.8 Å². The molecule has 160 valence electrons. The van der Waals surface area contributed by atoms with Gasteiger partial charge in [-0.15, -0.1) is 0 Å². The van der Waals surface area contributed by atoms with Crippen molar-refractivity contribution in [3.05, 3.63) is 41.5 Å². The van der Waals surface area contributed by atoms with Crippen LogP contribution in [0.4, 0.5) is 0 Å². The van der Waals surface area contributed by atoms with Gasteiger partial charge >= 0.3 is 5.97 Å². The molecule has 1 N–H and O–H groups in total. The molecule has 1 amide bonds. The Balaban J connectivity index is 1.83. The molecule has 0 fully saturated rings. The second-order valence-corrected chi connectivity index (χ2v) is 7.53.